The van der Waals surface area contributed by atoms with Crippen molar-refractivity contribution in [2.75, 3.05) is 11.9 Å². The monoisotopic (exact) mass is 329 g/mol. The molecule has 88 valence electrons. The second-order valence-corrected chi connectivity index (χ2v) is 5.86. The maximum absolute atomic E-state index is 3.55. The number of hydrogen-bond acceptors (Lipinski definition) is 1. The van der Waals surface area contributed by atoms with E-state index in [0.29, 0.717) is 0 Å². The van der Waals surface area contributed by atoms with Gasteiger partial charge in [0.25, 0.3) is 0 Å². The zero-order valence-electron chi connectivity index (χ0n) is 9.71. The van der Waals surface area contributed by atoms with Crippen LogP contribution in [0.5, 0.6) is 0 Å². The SMILES string of the molecule is Ic1ccccc1NCCC1CCCCC1. The Hall–Kier alpha value is -0.250. The molecule has 1 nitrogen and oxygen atoms in total. The van der Waals surface area contributed by atoms with Gasteiger partial charge in [0.2, 0.25) is 0 Å². The summed E-state index contributed by atoms with van der Waals surface area (Å²) in [5.41, 5.74) is 1.29. The quantitative estimate of drug-likeness (QED) is 0.792. The Morgan fingerprint density at radius 3 is 2.62 bits per heavy atom. The van der Waals surface area contributed by atoms with E-state index in [1.54, 1.807) is 0 Å². The molecule has 0 aliphatic heterocycles. The number of anilines is 1. The molecule has 1 aliphatic rings. The second kappa shape index (κ2) is 6.48. The molecule has 1 aromatic rings. The Bertz CT molecular complexity index is 318. The molecule has 2 heteroatoms. The van der Waals surface area contributed by atoms with Crippen LogP contribution in [0.15, 0.2) is 24.3 Å². The minimum Gasteiger partial charge on any atom is -0.384 e. The summed E-state index contributed by atoms with van der Waals surface area (Å²) in [5.74, 6) is 0.975. The van der Waals surface area contributed by atoms with E-state index in [0.717, 1.165) is 12.5 Å². The molecule has 0 bridgehead atoms. The van der Waals surface area contributed by atoms with Crippen LogP contribution in [0.3, 0.4) is 0 Å². The zero-order valence-corrected chi connectivity index (χ0v) is 11.9. The van der Waals surface area contributed by atoms with Crippen LogP contribution in [0.1, 0.15) is 38.5 Å². The molecule has 1 saturated carbocycles. The van der Waals surface area contributed by atoms with Crippen molar-refractivity contribution >= 4 is 28.3 Å². The van der Waals surface area contributed by atoms with Crippen molar-refractivity contribution in [3.8, 4) is 0 Å². The predicted molar refractivity (Wildman–Crippen MR) is 78.8 cm³/mol. The van der Waals surface area contributed by atoms with E-state index in [2.05, 4.69) is 52.2 Å². The molecule has 0 aromatic heterocycles. The smallest absolute Gasteiger partial charge is 0.0475 e. The summed E-state index contributed by atoms with van der Waals surface area (Å²) >= 11 is 2.39. The van der Waals surface area contributed by atoms with Gasteiger partial charge in [-0.1, -0.05) is 44.2 Å². The van der Waals surface area contributed by atoms with Crippen molar-refractivity contribution < 1.29 is 0 Å². The third kappa shape index (κ3) is 3.65. The van der Waals surface area contributed by atoms with E-state index >= 15 is 0 Å². The number of benzene rings is 1. The topological polar surface area (TPSA) is 12.0 Å². The van der Waals surface area contributed by atoms with E-state index in [-0.39, 0.29) is 0 Å². The van der Waals surface area contributed by atoms with Crippen LogP contribution >= 0.6 is 22.6 Å². The fourth-order valence-electron chi connectivity index (χ4n) is 2.49. The highest BCUT2D eigenvalue weighted by Crippen LogP contribution is 2.26. The third-order valence-corrected chi connectivity index (χ3v) is 4.41. The zero-order chi connectivity index (χ0) is 11.2. The average molecular weight is 329 g/mol. The Balaban J connectivity index is 1.73. The van der Waals surface area contributed by atoms with Crippen LogP contribution in [-0.2, 0) is 0 Å². The first kappa shape index (κ1) is 12.2. The highest BCUT2D eigenvalue weighted by atomic mass is 127. The molecule has 0 unspecified atom stereocenters. The number of hydrogen-bond donors (Lipinski definition) is 1. The third-order valence-electron chi connectivity index (χ3n) is 3.47. The highest BCUT2D eigenvalue weighted by molar-refractivity contribution is 14.1. The van der Waals surface area contributed by atoms with Crippen molar-refractivity contribution in [2.45, 2.75) is 38.5 Å². The molecule has 0 saturated heterocycles. The first-order chi connectivity index (χ1) is 7.86. The Morgan fingerprint density at radius 1 is 1.12 bits per heavy atom. The van der Waals surface area contributed by atoms with Gasteiger partial charge < -0.3 is 5.32 Å². The first-order valence-electron chi connectivity index (χ1n) is 6.34. The van der Waals surface area contributed by atoms with Crippen LogP contribution in [0, 0.1) is 9.49 Å². The molecule has 0 atom stereocenters. The summed E-state index contributed by atoms with van der Waals surface area (Å²) in [7, 11) is 0. The Labute approximate surface area is 112 Å². The summed E-state index contributed by atoms with van der Waals surface area (Å²) in [4.78, 5) is 0. The van der Waals surface area contributed by atoms with E-state index in [9.17, 15) is 0 Å². The summed E-state index contributed by atoms with van der Waals surface area (Å²) in [5, 5.41) is 3.55. The van der Waals surface area contributed by atoms with Crippen molar-refractivity contribution in [3.63, 3.8) is 0 Å². The van der Waals surface area contributed by atoms with Crippen molar-refractivity contribution in [1.82, 2.24) is 0 Å². The van der Waals surface area contributed by atoms with E-state index in [1.807, 2.05) is 0 Å². The maximum Gasteiger partial charge on any atom is 0.0475 e. The molecule has 0 amide bonds. The lowest BCUT2D eigenvalue weighted by Crippen LogP contribution is -2.12. The lowest BCUT2D eigenvalue weighted by Gasteiger charge is -2.21. The average Bonchev–Trinajstić information content (AvgIpc) is 2.33. The summed E-state index contributed by atoms with van der Waals surface area (Å²) in [6.07, 6.45) is 8.60. The maximum atomic E-state index is 3.55. The van der Waals surface area contributed by atoms with Gasteiger partial charge in [0.05, 0.1) is 0 Å². The van der Waals surface area contributed by atoms with Crippen LogP contribution in [0.25, 0.3) is 0 Å². The van der Waals surface area contributed by atoms with Gasteiger partial charge in [0.15, 0.2) is 0 Å². The minimum absolute atomic E-state index is 0.975. The van der Waals surface area contributed by atoms with Crippen molar-refractivity contribution in [1.29, 1.82) is 0 Å². The van der Waals surface area contributed by atoms with Crippen LogP contribution < -0.4 is 5.32 Å². The van der Waals surface area contributed by atoms with Crippen LogP contribution in [0.4, 0.5) is 5.69 Å². The van der Waals surface area contributed by atoms with Gasteiger partial charge in [-0.05, 0) is 47.1 Å². The number of para-hydroxylation sites is 1. The molecule has 1 aromatic carbocycles. The van der Waals surface area contributed by atoms with Crippen LogP contribution in [0.2, 0.25) is 0 Å². The van der Waals surface area contributed by atoms with Gasteiger partial charge in [-0.15, -0.1) is 0 Å². The van der Waals surface area contributed by atoms with Gasteiger partial charge in [0.1, 0.15) is 0 Å². The van der Waals surface area contributed by atoms with Crippen LogP contribution in [-0.4, -0.2) is 6.54 Å². The predicted octanol–water partition coefficient (Wildman–Crippen LogP) is 4.67. The van der Waals surface area contributed by atoms with Gasteiger partial charge >= 0.3 is 0 Å². The van der Waals surface area contributed by atoms with E-state index < -0.39 is 0 Å². The standard InChI is InChI=1S/C14H20IN/c15-13-8-4-5-9-14(13)16-11-10-12-6-2-1-3-7-12/h4-5,8-9,12,16H,1-3,6-7,10-11H2. The number of halogens is 1. The molecule has 2 rings (SSSR count). The number of nitrogens with one attached hydrogen (secondary N) is 1. The van der Waals surface area contributed by atoms with Gasteiger partial charge in [-0.2, -0.15) is 0 Å². The van der Waals surface area contributed by atoms with E-state index in [1.165, 1.54) is 47.8 Å². The van der Waals surface area contributed by atoms with Crippen molar-refractivity contribution in [3.05, 3.63) is 27.8 Å². The molecule has 0 heterocycles. The molecule has 1 N–H and O–H groups in total. The second-order valence-electron chi connectivity index (χ2n) is 4.70. The van der Waals surface area contributed by atoms with E-state index in [4.69, 9.17) is 0 Å². The largest absolute Gasteiger partial charge is 0.384 e. The number of rotatable bonds is 4. The molecule has 0 radical (unpaired) electrons. The lowest BCUT2D eigenvalue weighted by molar-refractivity contribution is 0.345. The van der Waals surface area contributed by atoms with Gasteiger partial charge in [-0.25, -0.2) is 0 Å². The van der Waals surface area contributed by atoms with Crippen molar-refractivity contribution in [2.24, 2.45) is 5.92 Å². The summed E-state index contributed by atoms with van der Waals surface area (Å²) in [6.45, 7) is 1.13. The molecule has 1 aliphatic carbocycles. The lowest BCUT2D eigenvalue weighted by atomic mass is 9.87. The Morgan fingerprint density at radius 2 is 1.88 bits per heavy atom. The first-order valence-corrected chi connectivity index (χ1v) is 7.42. The fraction of sp³-hybridized carbons (Fsp3) is 0.571. The molecule has 0 spiro atoms. The summed E-state index contributed by atoms with van der Waals surface area (Å²) < 4.78 is 1.32. The Kier molecular flexibility index (Phi) is 4.94. The normalized spacial score (nSPS) is 17.3. The highest BCUT2D eigenvalue weighted by Gasteiger charge is 2.12. The molecule has 1 fully saturated rings. The van der Waals surface area contributed by atoms with Gasteiger partial charge in [0, 0.05) is 15.8 Å². The fourth-order valence-corrected chi connectivity index (χ4v) is 3.07. The molecular weight excluding hydrogens is 309 g/mol. The molecular formula is C14H20IN. The van der Waals surface area contributed by atoms with Gasteiger partial charge in [-0.3, -0.25) is 0 Å². The summed E-state index contributed by atoms with van der Waals surface area (Å²) in [6, 6.07) is 8.52. The minimum atomic E-state index is 0.975. The molecule has 16 heavy (non-hydrogen) atoms.